The molecule has 0 nitrogen and oxygen atoms in total. The Kier molecular flexibility index (Phi) is 9.47. The normalized spacial score (nSPS) is 42.8. The summed E-state index contributed by atoms with van der Waals surface area (Å²) in [5, 5.41) is 3.65. The second kappa shape index (κ2) is 13.5. The molecule has 0 heterocycles. The van der Waals surface area contributed by atoms with Crippen molar-refractivity contribution in [3.8, 4) is 0 Å². The summed E-state index contributed by atoms with van der Waals surface area (Å²) in [6.07, 6.45) is 22.6. The SMILES string of the molecule is C=CCC1CC([Si](c2ccccc2)(c2ccccc2)C2C3CC4C(CC3C3CC5C(CC32)C(C)(C)CCC5(C)C)C(C)(C)CCC4(C)C)C2CCCCC12. The summed E-state index contributed by atoms with van der Waals surface area (Å²) in [5.74, 6) is 9.64. The van der Waals surface area contributed by atoms with Gasteiger partial charge in [0.2, 0.25) is 0 Å². The molecule has 2 aromatic rings. The quantitative estimate of drug-likeness (QED) is 0.204. The number of hydrogen-bond acceptors (Lipinski definition) is 0. The lowest BCUT2D eigenvalue weighted by molar-refractivity contribution is -0.0969. The minimum absolute atomic E-state index is 0.446. The molecule has 12 atom stereocenters. The van der Waals surface area contributed by atoms with Crippen LogP contribution in [0, 0.1) is 86.8 Å². The van der Waals surface area contributed by atoms with Crippen LogP contribution in [0.2, 0.25) is 11.1 Å². The number of fused-ring (bicyclic) bond motifs is 6. The molecule has 0 aliphatic heterocycles. The van der Waals surface area contributed by atoms with Crippen LogP contribution in [0.15, 0.2) is 73.3 Å². The molecule has 2 aromatic carbocycles. The minimum Gasteiger partial charge on any atom is -0.103 e. The Morgan fingerprint density at radius 3 is 1.31 bits per heavy atom. The van der Waals surface area contributed by atoms with E-state index in [0.717, 1.165) is 76.2 Å². The molecule has 7 aliphatic carbocycles. The van der Waals surface area contributed by atoms with Gasteiger partial charge in [0.05, 0.1) is 0 Å². The average molecular weight is 743 g/mol. The van der Waals surface area contributed by atoms with Crippen LogP contribution in [-0.4, -0.2) is 8.07 Å². The van der Waals surface area contributed by atoms with Gasteiger partial charge < -0.3 is 0 Å². The largest absolute Gasteiger partial charge is 0.124 e. The minimum atomic E-state index is -2.39. The van der Waals surface area contributed by atoms with Gasteiger partial charge in [-0.3, -0.25) is 0 Å². The van der Waals surface area contributed by atoms with Crippen molar-refractivity contribution in [2.45, 2.75) is 156 Å². The van der Waals surface area contributed by atoms with E-state index in [9.17, 15) is 0 Å². The third kappa shape index (κ3) is 5.74. The molecule has 0 bridgehead atoms. The summed E-state index contributed by atoms with van der Waals surface area (Å²) in [5.41, 5.74) is 3.51. The molecule has 9 rings (SSSR count). The molecule has 0 aromatic heterocycles. The van der Waals surface area contributed by atoms with E-state index in [1.54, 1.807) is 0 Å². The summed E-state index contributed by atoms with van der Waals surface area (Å²) >= 11 is 0. The standard InChI is InChI=1S/C53H78Si/c1-10-19-35-30-48(39-25-18-17-24-38(35)39)54(36-20-13-11-14-21-36,37-22-15-12-16-23-37)49-42-33-46-44(50(2,3)26-28-52(46,6)7)31-40(42)41-32-45-47(34-43(41)49)53(8,9)29-27-51(45,4)5/h10-16,20-23,35,38-49H,1,17-19,24-34H2,2-9H3. The van der Waals surface area contributed by atoms with Gasteiger partial charge in [-0.1, -0.05) is 152 Å². The highest BCUT2D eigenvalue weighted by atomic mass is 28.3. The van der Waals surface area contributed by atoms with Gasteiger partial charge in [0.25, 0.3) is 0 Å². The smallest absolute Gasteiger partial charge is 0.103 e. The fourth-order valence-electron chi connectivity index (χ4n) is 17.4. The van der Waals surface area contributed by atoms with Crippen LogP contribution in [0.5, 0.6) is 0 Å². The van der Waals surface area contributed by atoms with E-state index in [2.05, 4.69) is 129 Å². The lowest BCUT2D eigenvalue weighted by Gasteiger charge is -2.59. The van der Waals surface area contributed by atoms with Crippen molar-refractivity contribution in [1.82, 2.24) is 0 Å². The maximum atomic E-state index is 4.39. The van der Waals surface area contributed by atoms with E-state index >= 15 is 0 Å². The molecule has 7 fully saturated rings. The third-order valence-electron chi connectivity index (χ3n) is 20.1. The molecular formula is C53H78Si. The van der Waals surface area contributed by atoms with Crippen LogP contribution in [0.25, 0.3) is 0 Å². The van der Waals surface area contributed by atoms with Crippen molar-refractivity contribution >= 4 is 18.4 Å². The van der Waals surface area contributed by atoms with Crippen molar-refractivity contribution in [3.63, 3.8) is 0 Å². The maximum Gasteiger partial charge on any atom is 0.124 e. The van der Waals surface area contributed by atoms with Gasteiger partial charge in [-0.15, -0.1) is 6.58 Å². The van der Waals surface area contributed by atoms with Crippen molar-refractivity contribution in [2.75, 3.05) is 0 Å². The fourth-order valence-corrected chi connectivity index (χ4v) is 25.3. The van der Waals surface area contributed by atoms with Crippen LogP contribution in [-0.2, 0) is 0 Å². The van der Waals surface area contributed by atoms with Crippen LogP contribution < -0.4 is 10.4 Å². The van der Waals surface area contributed by atoms with Crippen molar-refractivity contribution in [1.29, 1.82) is 0 Å². The predicted octanol–water partition coefficient (Wildman–Crippen LogP) is 13.6. The topological polar surface area (TPSA) is 0 Å². The molecular weight excluding hydrogens is 665 g/mol. The Hall–Kier alpha value is -1.60. The molecule has 54 heavy (non-hydrogen) atoms. The van der Waals surface area contributed by atoms with Gasteiger partial charge in [-0.25, -0.2) is 0 Å². The van der Waals surface area contributed by atoms with Crippen LogP contribution in [0.1, 0.15) is 145 Å². The number of benzene rings is 2. The van der Waals surface area contributed by atoms with Gasteiger partial charge in [0.15, 0.2) is 0 Å². The Morgan fingerprint density at radius 2 is 0.907 bits per heavy atom. The van der Waals surface area contributed by atoms with E-state index in [1.165, 1.54) is 89.9 Å². The molecule has 0 N–H and O–H groups in total. The molecule has 12 unspecified atom stereocenters. The Balaban J connectivity index is 1.29. The third-order valence-corrected chi connectivity index (χ3v) is 26.4. The van der Waals surface area contributed by atoms with Gasteiger partial charge in [-0.05, 0) is 168 Å². The van der Waals surface area contributed by atoms with Crippen molar-refractivity contribution in [3.05, 3.63) is 73.3 Å². The van der Waals surface area contributed by atoms with E-state index in [1.807, 2.05) is 10.4 Å². The van der Waals surface area contributed by atoms with Gasteiger partial charge in [-0.2, -0.15) is 0 Å². The van der Waals surface area contributed by atoms with E-state index in [-0.39, 0.29) is 0 Å². The molecule has 294 valence electrons. The Labute approximate surface area is 333 Å². The predicted molar refractivity (Wildman–Crippen MR) is 234 cm³/mol. The average Bonchev–Trinajstić information content (AvgIpc) is 3.69. The van der Waals surface area contributed by atoms with Crippen LogP contribution in [0.4, 0.5) is 0 Å². The maximum absolute atomic E-state index is 4.39. The van der Waals surface area contributed by atoms with E-state index in [0.29, 0.717) is 21.7 Å². The first kappa shape index (κ1) is 37.9. The first-order valence-corrected chi connectivity index (χ1v) is 25.6. The van der Waals surface area contributed by atoms with Crippen molar-refractivity contribution < 1.29 is 0 Å². The molecule has 0 saturated heterocycles. The second-order valence-corrected chi connectivity index (χ2v) is 28.1. The molecule has 0 spiro atoms. The van der Waals surface area contributed by atoms with Crippen LogP contribution in [0.3, 0.4) is 0 Å². The lowest BCUT2D eigenvalue weighted by Crippen LogP contribution is -2.68. The second-order valence-electron chi connectivity index (χ2n) is 23.8. The molecule has 0 radical (unpaired) electrons. The zero-order chi connectivity index (χ0) is 37.8. The van der Waals surface area contributed by atoms with Gasteiger partial charge in [0.1, 0.15) is 8.07 Å². The van der Waals surface area contributed by atoms with Gasteiger partial charge >= 0.3 is 0 Å². The van der Waals surface area contributed by atoms with Gasteiger partial charge in [0, 0.05) is 0 Å². The highest BCUT2D eigenvalue weighted by Crippen LogP contribution is 2.74. The first-order chi connectivity index (χ1) is 25.7. The van der Waals surface area contributed by atoms with Crippen LogP contribution >= 0.6 is 0 Å². The zero-order valence-corrected chi connectivity index (χ0v) is 37.0. The Morgan fingerprint density at radius 1 is 0.519 bits per heavy atom. The summed E-state index contributed by atoms with van der Waals surface area (Å²) in [4.78, 5) is 0. The monoisotopic (exact) mass is 743 g/mol. The van der Waals surface area contributed by atoms with E-state index in [4.69, 9.17) is 0 Å². The summed E-state index contributed by atoms with van der Waals surface area (Å²) in [6.45, 7) is 26.0. The molecule has 7 aliphatic rings. The zero-order valence-electron chi connectivity index (χ0n) is 36.0. The summed E-state index contributed by atoms with van der Waals surface area (Å²) in [6, 6.07) is 25.4. The lowest BCUT2D eigenvalue weighted by atomic mass is 9.46. The fraction of sp³-hybridized carbons (Fsp3) is 0.736. The van der Waals surface area contributed by atoms with Crippen molar-refractivity contribution in [2.24, 2.45) is 86.8 Å². The summed E-state index contributed by atoms with van der Waals surface area (Å²) < 4.78 is 0. The number of rotatable bonds is 6. The molecule has 1 heteroatoms. The highest BCUT2D eigenvalue weighted by molar-refractivity contribution is 7.04. The summed E-state index contributed by atoms with van der Waals surface area (Å²) in [7, 11) is -2.39. The first-order valence-electron chi connectivity index (χ1n) is 23.4. The molecule has 7 saturated carbocycles. The Bertz CT molecular complexity index is 1550. The highest BCUT2D eigenvalue weighted by Gasteiger charge is 2.70. The molecule has 0 amide bonds. The van der Waals surface area contributed by atoms with E-state index < -0.39 is 8.07 Å². The number of allylic oxidation sites excluding steroid dienone is 1. The number of hydrogen-bond donors (Lipinski definition) is 0.